The van der Waals surface area contributed by atoms with Crippen molar-refractivity contribution in [2.75, 3.05) is 9.80 Å². The number of rotatable bonds is 8. The molecule has 0 atom stereocenters. The molecule has 0 spiro atoms. The van der Waals surface area contributed by atoms with Crippen molar-refractivity contribution in [2.45, 2.75) is 105 Å². The summed E-state index contributed by atoms with van der Waals surface area (Å²) in [5, 5.41) is 2.14. The van der Waals surface area contributed by atoms with E-state index < -0.39 is 5.41 Å². The number of anilines is 4. The zero-order chi connectivity index (χ0) is 56.1. The normalized spacial score (nSPS) is 13.8. The summed E-state index contributed by atoms with van der Waals surface area (Å²) in [5.41, 5.74) is 13.5. The number of fused-ring (bicyclic) bond motifs is 4. The molecule has 2 aromatic heterocycles. The van der Waals surface area contributed by atoms with Crippen molar-refractivity contribution < 1.29 is 31.3 Å². The molecular formula is C70H67N4OPt-3. The van der Waals surface area contributed by atoms with Crippen molar-refractivity contribution in [3.63, 3.8) is 0 Å². The number of benzene rings is 8. The summed E-state index contributed by atoms with van der Waals surface area (Å²) < 4.78 is 46.3. The van der Waals surface area contributed by atoms with Crippen molar-refractivity contribution in [1.29, 1.82) is 0 Å². The van der Waals surface area contributed by atoms with E-state index in [0.29, 0.717) is 28.2 Å². The van der Waals surface area contributed by atoms with Gasteiger partial charge in [-0.3, -0.25) is 0 Å². The van der Waals surface area contributed by atoms with Crippen molar-refractivity contribution in [3.05, 3.63) is 223 Å². The predicted octanol–water partition coefficient (Wildman–Crippen LogP) is 19.2. The first kappa shape index (κ1) is 47.3. The summed E-state index contributed by atoms with van der Waals surface area (Å²) in [6.07, 6.45) is 1.96. The zero-order valence-corrected chi connectivity index (χ0v) is 47.9. The first-order valence-corrected chi connectivity index (χ1v) is 26.0. The minimum absolute atomic E-state index is 0. The topological polar surface area (TPSA) is 33.5 Å². The molecule has 1 aliphatic rings. The second kappa shape index (κ2) is 19.7. The summed E-state index contributed by atoms with van der Waals surface area (Å²) in [6.45, 7) is 28.1. The van der Waals surface area contributed by atoms with Crippen LogP contribution in [0.4, 0.5) is 22.7 Å². The molecule has 0 amide bonds. The van der Waals surface area contributed by atoms with Gasteiger partial charge in [0.25, 0.3) is 0 Å². The van der Waals surface area contributed by atoms with E-state index in [0.717, 1.165) is 78.2 Å². The number of nitrogens with zero attached hydrogens (tertiary/aromatic N) is 4. The quantitative estimate of drug-likeness (QED) is 0.142. The van der Waals surface area contributed by atoms with E-state index >= 15 is 0 Å². The van der Waals surface area contributed by atoms with Crippen LogP contribution >= 0.6 is 0 Å². The van der Waals surface area contributed by atoms with Gasteiger partial charge in [0.15, 0.2) is 0 Å². The molecule has 0 fully saturated rings. The van der Waals surface area contributed by atoms with Gasteiger partial charge < -0.3 is 19.1 Å². The van der Waals surface area contributed by atoms with Crippen LogP contribution in [-0.4, -0.2) is 9.55 Å². The summed E-state index contributed by atoms with van der Waals surface area (Å²) in [4.78, 5) is 9.18. The Kier molecular flexibility index (Phi) is 12.3. The Bertz CT molecular complexity index is 3970. The summed E-state index contributed by atoms with van der Waals surface area (Å²) in [7, 11) is 0. The maximum absolute atomic E-state index is 9.81. The Labute approximate surface area is 471 Å². The third-order valence-electron chi connectivity index (χ3n) is 14.4. The van der Waals surface area contributed by atoms with Gasteiger partial charge in [-0.05, 0) is 95.8 Å². The first-order valence-electron chi connectivity index (χ1n) is 28.0. The Hall–Kier alpha value is -7.20. The molecule has 0 bridgehead atoms. The van der Waals surface area contributed by atoms with Gasteiger partial charge >= 0.3 is 0 Å². The van der Waals surface area contributed by atoms with Gasteiger partial charge in [-0.25, -0.2) is 4.98 Å². The Morgan fingerprint density at radius 1 is 0.500 bits per heavy atom. The maximum atomic E-state index is 9.81. The Morgan fingerprint density at radius 3 is 1.76 bits per heavy atom. The van der Waals surface area contributed by atoms with Crippen LogP contribution in [0.15, 0.2) is 182 Å². The molecule has 0 saturated carbocycles. The largest absolute Gasteiger partial charge is 0.509 e. The van der Waals surface area contributed by atoms with Crippen molar-refractivity contribution in [2.24, 2.45) is 0 Å². The number of pyridine rings is 1. The van der Waals surface area contributed by atoms with E-state index in [4.69, 9.17) is 12.5 Å². The van der Waals surface area contributed by atoms with Crippen LogP contribution in [0.3, 0.4) is 0 Å². The number of hydrogen-bond donors (Lipinski definition) is 0. The fourth-order valence-corrected chi connectivity index (χ4v) is 9.96. The van der Waals surface area contributed by atoms with Crippen molar-refractivity contribution in [3.8, 4) is 50.7 Å². The van der Waals surface area contributed by atoms with Crippen LogP contribution in [0.1, 0.15) is 111 Å². The third kappa shape index (κ3) is 10.0. The van der Waals surface area contributed by atoms with Gasteiger partial charge in [-0.15, -0.1) is 48.1 Å². The monoisotopic (exact) mass is 1180 g/mol. The van der Waals surface area contributed by atoms with Crippen LogP contribution in [-0.2, 0) is 42.7 Å². The summed E-state index contributed by atoms with van der Waals surface area (Å²) in [6, 6.07) is 59.2. The average Bonchev–Trinajstić information content (AvgIpc) is 4.02. The fraction of sp³-hybridized carbons (Fsp3) is 0.229. The van der Waals surface area contributed by atoms with Crippen molar-refractivity contribution >= 4 is 44.6 Å². The molecule has 11 rings (SSSR count). The minimum atomic E-state index is -0.638. The molecule has 6 heteroatoms. The molecule has 10 aromatic rings. The predicted molar refractivity (Wildman–Crippen MR) is 315 cm³/mol. The van der Waals surface area contributed by atoms with Crippen LogP contribution in [0, 0.1) is 18.8 Å². The van der Waals surface area contributed by atoms with Gasteiger partial charge in [0.2, 0.25) is 0 Å². The molecule has 386 valence electrons. The number of para-hydroxylation sites is 4. The third-order valence-corrected chi connectivity index (χ3v) is 14.4. The molecule has 0 N–H and O–H groups in total. The van der Waals surface area contributed by atoms with Crippen LogP contribution in [0.5, 0.6) is 11.5 Å². The Balaban J connectivity index is 0.00000720. The minimum Gasteiger partial charge on any atom is -0.509 e. The molecule has 0 aliphatic carbocycles. The van der Waals surface area contributed by atoms with E-state index in [1.165, 1.54) is 11.1 Å². The SMILES string of the molecule is [2H]c1c([2H])c(-c2cccc(-c3ccc(-c4cc(C(C)(C)C)cc(C(C)(C)C)c4)cc3)c2N2[CH-]N(c3[c-]c(Oc4[c-]c5c(cc4)c4ccccc4n5-c4ccc(C(C)(C)C)cn4)ccc3)c3ccccc32)c([2H])c(C(C)(C)C)c1[2H].[Pt]. The molecule has 5 nitrogen and oxygen atoms in total. The zero-order valence-electron chi connectivity index (χ0n) is 49.6. The second-order valence-corrected chi connectivity index (χ2v) is 24.0. The molecular weight excluding hydrogens is 1110 g/mol. The standard InChI is InChI=1S/C70H67N4O.Pt/c1-67(2,3)50-21-17-20-48(38-50)58-26-19-25-57(47-32-30-46(31-33-47)49-39-52(69(7,8)9)41-53(40-49)70(10,11)12)66(58)73-45-72(62-28-15-16-29-63(62)73)54-22-18-23-55(42-54)75-56-35-36-60-59-24-13-14-27-61(59)74(64(60)43-56)65-37-34-51(44-71-65)68(4,5)6;/h13-41,44-45H,1-12H3;/q-3;/i17D,20D,21D,38D;. The van der Waals surface area contributed by atoms with Gasteiger partial charge in [0, 0.05) is 72.5 Å². The summed E-state index contributed by atoms with van der Waals surface area (Å²) in [5.74, 6) is 1.83. The van der Waals surface area contributed by atoms with Gasteiger partial charge in [-0.1, -0.05) is 210 Å². The van der Waals surface area contributed by atoms with E-state index in [-0.39, 0.29) is 61.5 Å². The number of aromatic nitrogens is 2. The van der Waals surface area contributed by atoms with Crippen molar-refractivity contribution in [1.82, 2.24) is 9.55 Å². The number of ether oxygens (including phenoxy) is 1. The van der Waals surface area contributed by atoms with Crippen LogP contribution in [0.25, 0.3) is 61.0 Å². The molecule has 8 aromatic carbocycles. The first-order chi connectivity index (χ1) is 37.4. The molecule has 76 heavy (non-hydrogen) atoms. The number of hydrogen-bond acceptors (Lipinski definition) is 4. The molecule has 0 unspecified atom stereocenters. The second-order valence-electron chi connectivity index (χ2n) is 24.0. The Morgan fingerprint density at radius 2 is 1.11 bits per heavy atom. The molecule has 0 radical (unpaired) electrons. The average molecular weight is 1180 g/mol. The maximum Gasteiger partial charge on any atom is 0.135 e. The van der Waals surface area contributed by atoms with E-state index in [1.807, 2.05) is 88.2 Å². The molecule has 0 saturated heterocycles. The van der Waals surface area contributed by atoms with Crippen LogP contribution in [0.2, 0.25) is 0 Å². The summed E-state index contributed by atoms with van der Waals surface area (Å²) >= 11 is 0. The van der Waals surface area contributed by atoms with Gasteiger partial charge in [-0.2, -0.15) is 12.1 Å². The van der Waals surface area contributed by atoms with E-state index in [9.17, 15) is 2.74 Å². The fourth-order valence-electron chi connectivity index (χ4n) is 9.96. The van der Waals surface area contributed by atoms with E-state index in [1.54, 1.807) is 0 Å². The van der Waals surface area contributed by atoms with Gasteiger partial charge in [0.1, 0.15) is 5.82 Å². The van der Waals surface area contributed by atoms with Crippen LogP contribution < -0.4 is 14.5 Å². The van der Waals surface area contributed by atoms with E-state index in [2.05, 4.69) is 186 Å². The molecule has 1 aliphatic heterocycles. The van der Waals surface area contributed by atoms with Gasteiger partial charge in [0.05, 0.1) is 5.48 Å². The smallest absolute Gasteiger partial charge is 0.135 e. The molecule has 3 heterocycles.